The lowest BCUT2D eigenvalue weighted by Crippen LogP contribution is -2.31. The molecule has 0 saturated heterocycles. The normalized spacial score (nSPS) is 12.9. The first-order chi connectivity index (χ1) is 33.4. The molecule has 0 bridgehead atoms. The fraction of sp³-hybridized carbons (Fsp3) is 0.0847. The number of fused-ring (bicyclic) bond motifs is 2. The summed E-state index contributed by atoms with van der Waals surface area (Å²) in [5.74, 6) is -0.790. The molecule has 2 aromatic heterocycles. The summed E-state index contributed by atoms with van der Waals surface area (Å²) < 4.78 is 4.36. The van der Waals surface area contributed by atoms with Crippen molar-refractivity contribution in [1.82, 2.24) is 14.1 Å². The van der Waals surface area contributed by atoms with Gasteiger partial charge in [0.2, 0.25) is 0 Å². The van der Waals surface area contributed by atoms with Gasteiger partial charge >= 0.3 is 0 Å². The minimum atomic E-state index is -1.41. The Morgan fingerprint density at radius 3 is 1.63 bits per heavy atom. The number of aromatic nitrogens is 3. The van der Waals surface area contributed by atoms with Gasteiger partial charge in [-0.2, -0.15) is 0 Å². The van der Waals surface area contributed by atoms with Crippen molar-refractivity contribution >= 4 is 68.0 Å². The van der Waals surface area contributed by atoms with E-state index in [0.717, 1.165) is 86.4 Å². The van der Waals surface area contributed by atoms with Gasteiger partial charge in [0.05, 0.1) is 43.9 Å². The van der Waals surface area contributed by atoms with E-state index in [4.69, 9.17) is 49.8 Å². The molecule has 0 amide bonds. The molecule has 10 aromatic rings. The highest BCUT2D eigenvalue weighted by molar-refractivity contribution is 6.54. The van der Waals surface area contributed by atoms with E-state index in [9.17, 15) is 4.79 Å². The number of hydrogen-bond donors (Lipinski definition) is 0. The highest BCUT2D eigenvalue weighted by Gasteiger charge is 2.46. The smallest absolute Gasteiger partial charge is 0.263 e. The van der Waals surface area contributed by atoms with Gasteiger partial charge in [-0.1, -0.05) is 212 Å². The lowest BCUT2D eigenvalue weighted by molar-refractivity contribution is 0.409. The van der Waals surface area contributed by atoms with E-state index in [1.807, 2.05) is 158 Å². The van der Waals surface area contributed by atoms with Crippen LogP contribution in [0.2, 0.25) is 15.1 Å². The number of para-hydroxylation sites is 1. The van der Waals surface area contributed by atoms with E-state index < -0.39 is 5.79 Å². The minimum absolute atomic E-state index is 0.0610. The second-order valence-electron chi connectivity index (χ2n) is 16.5. The molecule has 8 aromatic carbocycles. The maximum absolute atomic E-state index is 12.6. The van der Waals surface area contributed by atoms with Gasteiger partial charge in [0, 0.05) is 55.7 Å². The molecule has 3 heterocycles. The molecule has 0 spiro atoms. The average Bonchev–Trinajstić information content (AvgIpc) is 3.99. The summed E-state index contributed by atoms with van der Waals surface area (Å²) in [6, 6.07) is 69.7. The van der Waals surface area contributed by atoms with Gasteiger partial charge in [0.15, 0.2) is 5.43 Å². The minimum Gasteiger partial charge on any atom is -0.340 e. The Bertz CT molecular complexity index is 3500. The molecule has 0 aliphatic carbocycles. The van der Waals surface area contributed by atoms with Gasteiger partial charge < -0.3 is 4.57 Å². The van der Waals surface area contributed by atoms with Crippen LogP contribution in [0.4, 0.5) is 0 Å². The molecule has 11 rings (SSSR count). The summed E-state index contributed by atoms with van der Waals surface area (Å²) in [6.45, 7) is 3.08. The van der Waals surface area contributed by atoms with Crippen LogP contribution in [0.3, 0.4) is 0 Å². The number of imidazole rings is 1. The van der Waals surface area contributed by atoms with Crippen molar-refractivity contribution in [2.24, 2.45) is 9.98 Å². The molecule has 6 nitrogen and oxygen atoms in total. The molecule has 0 N–H and O–H groups in total. The summed E-state index contributed by atoms with van der Waals surface area (Å²) in [4.78, 5) is 29.4. The molecule has 0 radical (unpaired) electrons. The number of unbranched alkanes of at least 4 members (excludes halogenated alkanes) is 1. The molecule has 0 fully saturated rings. The van der Waals surface area contributed by atoms with Crippen LogP contribution in [0.5, 0.6) is 0 Å². The third kappa shape index (κ3) is 8.37. The molecule has 0 saturated carbocycles. The monoisotopic (exact) mass is 943 g/mol. The summed E-state index contributed by atoms with van der Waals surface area (Å²) >= 11 is 20.2. The third-order valence-electron chi connectivity index (χ3n) is 12.2. The molecule has 1 aliphatic rings. The number of aliphatic imine (C=N–C) groups is 2. The topological polar surface area (TPSA) is 64.5 Å². The fourth-order valence-electron chi connectivity index (χ4n) is 8.98. The Morgan fingerprint density at radius 1 is 0.515 bits per heavy atom. The van der Waals surface area contributed by atoms with Crippen LogP contribution in [0.1, 0.15) is 36.5 Å². The standard InChI is InChI=1S/C42H28Cl2N4.C17H16ClNO/c43-35-27-15-13-25-33(35)41-45-39(31-21-9-3-10-22-31)40(32-23-11-4-12-24-32)48(41)42(34-26-14-16-28-36(34)44)46-37(29-17-5-1-6-18-29)38(47-42)30-19-7-2-8-20-30;1-2-3-10-19-15-7-5-4-6-13(15)17(20)14-11-12(18)8-9-16(14)19/h1-28H;4-9,11H,2-3,10H2,1H3. The Labute approximate surface area is 410 Å². The molecule has 9 heteroatoms. The summed E-state index contributed by atoms with van der Waals surface area (Å²) in [5, 5.41) is 3.17. The lowest BCUT2D eigenvalue weighted by Gasteiger charge is -2.30. The molecular weight excluding hydrogens is 901 g/mol. The van der Waals surface area contributed by atoms with Gasteiger partial charge in [0.25, 0.3) is 5.79 Å². The number of pyridine rings is 1. The molecular formula is C59H44Cl3N5O. The van der Waals surface area contributed by atoms with Crippen LogP contribution in [0.15, 0.2) is 227 Å². The number of nitrogens with zero attached hydrogens (tertiary/aromatic N) is 5. The van der Waals surface area contributed by atoms with Crippen molar-refractivity contribution < 1.29 is 0 Å². The molecule has 0 unspecified atom stereocenters. The third-order valence-corrected chi connectivity index (χ3v) is 13.1. The number of aryl methyl sites for hydroxylation is 1. The number of hydrogen-bond acceptors (Lipinski definition) is 4. The largest absolute Gasteiger partial charge is 0.340 e. The zero-order valence-corrected chi connectivity index (χ0v) is 39.4. The van der Waals surface area contributed by atoms with Gasteiger partial charge in [0.1, 0.15) is 5.82 Å². The van der Waals surface area contributed by atoms with Crippen LogP contribution < -0.4 is 5.43 Å². The number of halogens is 3. The summed E-state index contributed by atoms with van der Waals surface area (Å²) in [7, 11) is 0. The Hall–Kier alpha value is -7.35. The van der Waals surface area contributed by atoms with Gasteiger partial charge in [-0.15, -0.1) is 0 Å². The van der Waals surface area contributed by atoms with Crippen LogP contribution in [0, 0.1) is 0 Å². The highest BCUT2D eigenvalue weighted by atomic mass is 35.5. The van der Waals surface area contributed by atoms with Crippen LogP contribution >= 0.6 is 34.8 Å². The number of benzene rings is 8. The molecule has 0 atom stereocenters. The highest BCUT2D eigenvalue weighted by Crippen LogP contribution is 2.48. The van der Waals surface area contributed by atoms with E-state index in [2.05, 4.69) is 64.6 Å². The molecule has 68 heavy (non-hydrogen) atoms. The number of rotatable bonds is 10. The van der Waals surface area contributed by atoms with Crippen LogP contribution in [0.25, 0.3) is 55.7 Å². The maximum atomic E-state index is 12.6. The van der Waals surface area contributed by atoms with E-state index in [0.29, 0.717) is 31.8 Å². The Morgan fingerprint density at radius 2 is 1.03 bits per heavy atom. The van der Waals surface area contributed by atoms with Crippen molar-refractivity contribution in [3.8, 4) is 33.9 Å². The first kappa shape index (κ1) is 44.5. The first-order valence-electron chi connectivity index (χ1n) is 22.6. The fourth-order valence-corrected chi connectivity index (χ4v) is 9.63. The van der Waals surface area contributed by atoms with E-state index in [1.54, 1.807) is 6.07 Å². The average molecular weight is 945 g/mol. The van der Waals surface area contributed by atoms with Gasteiger partial charge in [-0.25, -0.2) is 15.0 Å². The van der Waals surface area contributed by atoms with Crippen molar-refractivity contribution in [2.75, 3.05) is 0 Å². The summed E-state index contributed by atoms with van der Waals surface area (Å²) in [6.07, 6.45) is 2.21. The first-order valence-corrected chi connectivity index (χ1v) is 23.8. The summed E-state index contributed by atoms with van der Waals surface area (Å²) in [5.41, 5.74) is 10.4. The van der Waals surface area contributed by atoms with E-state index in [-0.39, 0.29) is 5.43 Å². The van der Waals surface area contributed by atoms with E-state index in [1.165, 1.54) is 0 Å². The Balaban J connectivity index is 0.000000225. The Kier molecular flexibility index (Phi) is 12.7. The van der Waals surface area contributed by atoms with E-state index >= 15 is 0 Å². The predicted molar refractivity (Wildman–Crippen MR) is 284 cm³/mol. The van der Waals surface area contributed by atoms with Gasteiger partial charge in [-0.3, -0.25) is 9.36 Å². The van der Waals surface area contributed by atoms with Crippen molar-refractivity contribution in [2.45, 2.75) is 32.1 Å². The maximum Gasteiger partial charge on any atom is 0.263 e. The van der Waals surface area contributed by atoms with Crippen molar-refractivity contribution in [3.63, 3.8) is 0 Å². The van der Waals surface area contributed by atoms with Crippen LogP contribution in [-0.2, 0) is 12.3 Å². The van der Waals surface area contributed by atoms with Crippen LogP contribution in [-0.4, -0.2) is 25.5 Å². The van der Waals surface area contributed by atoms with Crippen molar-refractivity contribution in [3.05, 3.63) is 254 Å². The van der Waals surface area contributed by atoms with Gasteiger partial charge in [-0.05, 0) is 55.0 Å². The zero-order valence-electron chi connectivity index (χ0n) is 37.1. The second kappa shape index (κ2) is 19.5. The predicted octanol–water partition coefficient (Wildman–Crippen LogP) is 15.4. The lowest BCUT2D eigenvalue weighted by atomic mass is 10.0. The molecule has 332 valence electrons. The SMILES string of the molecule is CCCCn1c2ccccc2c(=O)c2cc(Cl)ccc21.Clc1ccccc1-c1nc(-c2ccccc2)c(-c2ccccc2)n1C1(c2ccccc2Cl)N=C(c2ccccc2)C(c2ccccc2)=N1. The quantitative estimate of drug-likeness (QED) is 0.128. The zero-order chi connectivity index (χ0) is 46.6. The molecule has 1 aliphatic heterocycles. The van der Waals surface area contributed by atoms with Crippen molar-refractivity contribution in [1.29, 1.82) is 0 Å². The second-order valence-corrected chi connectivity index (χ2v) is 17.7.